The molecule has 0 heterocycles. The van der Waals surface area contributed by atoms with Crippen molar-refractivity contribution in [2.24, 2.45) is 0 Å². The standard InChI is InChI=1S/C14H14O3.Na/c15-13(8-9-14(16)17)12-7-3-5-10-4-1-2-6-11(10)12;/h1-7,13,15H,8-9H2,(H,16,17);/q;+1/p-1. The van der Waals surface area contributed by atoms with Gasteiger partial charge in [0.2, 0.25) is 0 Å². The van der Waals surface area contributed by atoms with Crippen molar-refractivity contribution in [3.05, 3.63) is 48.0 Å². The Hall–Kier alpha value is -0.870. The van der Waals surface area contributed by atoms with E-state index in [1.165, 1.54) is 0 Å². The molecule has 0 radical (unpaired) electrons. The zero-order chi connectivity index (χ0) is 12.3. The van der Waals surface area contributed by atoms with Crippen molar-refractivity contribution in [3.63, 3.8) is 0 Å². The Labute approximate surface area is 128 Å². The molecule has 1 atom stereocenters. The smallest absolute Gasteiger partial charge is 0.550 e. The summed E-state index contributed by atoms with van der Waals surface area (Å²) in [5.41, 5.74) is 0.768. The van der Waals surface area contributed by atoms with Crippen LogP contribution in [0.1, 0.15) is 24.5 Å². The summed E-state index contributed by atoms with van der Waals surface area (Å²) in [5, 5.41) is 22.4. The van der Waals surface area contributed by atoms with E-state index in [0.29, 0.717) is 0 Å². The first-order chi connectivity index (χ1) is 8.18. The van der Waals surface area contributed by atoms with Crippen molar-refractivity contribution in [3.8, 4) is 0 Å². The van der Waals surface area contributed by atoms with Gasteiger partial charge in [0.25, 0.3) is 0 Å². The largest absolute Gasteiger partial charge is 1.00 e. The van der Waals surface area contributed by atoms with Gasteiger partial charge < -0.3 is 15.0 Å². The third-order valence-corrected chi connectivity index (χ3v) is 2.80. The molecule has 2 aromatic carbocycles. The number of carboxylic acid groups (broad SMARTS) is 1. The first-order valence-electron chi connectivity index (χ1n) is 5.54. The van der Waals surface area contributed by atoms with Gasteiger partial charge in [-0.15, -0.1) is 0 Å². The molecule has 3 nitrogen and oxygen atoms in total. The molecule has 18 heavy (non-hydrogen) atoms. The zero-order valence-electron chi connectivity index (χ0n) is 10.3. The number of carbonyl (C=O) groups is 1. The predicted molar refractivity (Wildman–Crippen MR) is 63.1 cm³/mol. The number of benzene rings is 2. The van der Waals surface area contributed by atoms with Crippen LogP contribution >= 0.6 is 0 Å². The molecule has 2 rings (SSSR count). The number of hydrogen-bond donors (Lipinski definition) is 1. The Kier molecular flexibility index (Phi) is 5.82. The second-order valence-corrected chi connectivity index (χ2v) is 3.99. The molecule has 2 aromatic rings. The summed E-state index contributed by atoms with van der Waals surface area (Å²) in [4.78, 5) is 10.4. The van der Waals surface area contributed by atoms with E-state index in [2.05, 4.69) is 0 Å². The first kappa shape index (κ1) is 15.2. The van der Waals surface area contributed by atoms with Gasteiger partial charge in [0.1, 0.15) is 0 Å². The van der Waals surface area contributed by atoms with E-state index in [1.54, 1.807) is 0 Å². The maximum atomic E-state index is 10.4. The molecule has 0 aliphatic carbocycles. The minimum Gasteiger partial charge on any atom is -0.550 e. The van der Waals surface area contributed by atoms with Gasteiger partial charge in [-0.25, -0.2) is 0 Å². The number of aliphatic hydroxyl groups excluding tert-OH is 1. The fourth-order valence-corrected chi connectivity index (χ4v) is 1.95. The van der Waals surface area contributed by atoms with Gasteiger partial charge in [0.05, 0.1) is 6.10 Å². The Morgan fingerprint density at radius 2 is 1.83 bits per heavy atom. The average molecular weight is 252 g/mol. The third kappa shape index (κ3) is 3.56. The summed E-state index contributed by atoms with van der Waals surface area (Å²) in [6.45, 7) is 0. The number of aliphatic hydroxyl groups is 1. The van der Waals surface area contributed by atoms with Crippen LogP contribution in [-0.2, 0) is 4.79 Å². The van der Waals surface area contributed by atoms with Gasteiger partial charge >= 0.3 is 29.6 Å². The Morgan fingerprint density at radius 1 is 1.17 bits per heavy atom. The Balaban J connectivity index is 0.00000162. The van der Waals surface area contributed by atoms with Crippen LogP contribution in [0.2, 0.25) is 0 Å². The number of carboxylic acids is 1. The normalized spacial score (nSPS) is 11.8. The third-order valence-electron chi connectivity index (χ3n) is 2.80. The van der Waals surface area contributed by atoms with Crippen molar-refractivity contribution in [1.29, 1.82) is 0 Å². The van der Waals surface area contributed by atoms with Crippen LogP contribution < -0.4 is 34.7 Å². The molecule has 0 saturated carbocycles. The fraction of sp³-hybridized carbons (Fsp3) is 0.214. The maximum Gasteiger partial charge on any atom is 1.00 e. The summed E-state index contributed by atoms with van der Waals surface area (Å²) >= 11 is 0. The molecule has 0 aliphatic rings. The predicted octanol–water partition coefficient (Wildman–Crippen LogP) is -1.59. The van der Waals surface area contributed by atoms with Crippen LogP contribution in [0.5, 0.6) is 0 Å². The van der Waals surface area contributed by atoms with Crippen molar-refractivity contribution >= 4 is 16.7 Å². The first-order valence-corrected chi connectivity index (χ1v) is 5.54. The quantitative estimate of drug-likeness (QED) is 0.667. The molecule has 1 unspecified atom stereocenters. The minimum atomic E-state index is -1.13. The molecule has 0 saturated heterocycles. The Bertz CT molecular complexity index is 534. The maximum absolute atomic E-state index is 10.4. The summed E-state index contributed by atoms with van der Waals surface area (Å²) in [6.07, 6.45) is -0.722. The van der Waals surface area contributed by atoms with Crippen molar-refractivity contribution in [2.75, 3.05) is 0 Å². The van der Waals surface area contributed by atoms with Gasteiger partial charge in [-0.3, -0.25) is 0 Å². The fourth-order valence-electron chi connectivity index (χ4n) is 1.95. The van der Waals surface area contributed by atoms with Crippen LogP contribution in [0.4, 0.5) is 0 Å². The number of fused-ring (bicyclic) bond motifs is 1. The SMILES string of the molecule is O=C([O-])CCC(O)c1cccc2ccccc12.[Na+]. The number of carbonyl (C=O) groups excluding carboxylic acids is 1. The number of rotatable bonds is 4. The second kappa shape index (κ2) is 6.90. The second-order valence-electron chi connectivity index (χ2n) is 3.99. The van der Waals surface area contributed by atoms with E-state index in [-0.39, 0.29) is 42.4 Å². The number of hydrogen-bond acceptors (Lipinski definition) is 3. The van der Waals surface area contributed by atoms with E-state index in [9.17, 15) is 15.0 Å². The van der Waals surface area contributed by atoms with Crippen LogP contribution in [0, 0.1) is 0 Å². The van der Waals surface area contributed by atoms with Gasteiger partial charge in [-0.1, -0.05) is 42.5 Å². The molecule has 0 bridgehead atoms. The molecule has 0 aromatic heterocycles. The monoisotopic (exact) mass is 252 g/mol. The zero-order valence-corrected chi connectivity index (χ0v) is 12.3. The van der Waals surface area contributed by atoms with Crippen LogP contribution in [0.25, 0.3) is 10.8 Å². The average Bonchev–Trinajstić information content (AvgIpc) is 2.35. The molecule has 0 aliphatic heterocycles. The number of aliphatic carboxylic acids is 1. The van der Waals surface area contributed by atoms with Crippen LogP contribution in [0.3, 0.4) is 0 Å². The molecule has 1 N–H and O–H groups in total. The van der Waals surface area contributed by atoms with E-state index < -0.39 is 12.1 Å². The van der Waals surface area contributed by atoms with Crippen LogP contribution in [0.15, 0.2) is 42.5 Å². The van der Waals surface area contributed by atoms with E-state index >= 15 is 0 Å². The van der Waals surface area contributed by atoms with Gasteiger partial charge in [0, 0.05) is 5.97 Å². The molecule has 0 fully saturated rings. The van der Waals surface area contributed by atoms with E-state index in [1.807, 2.05) is 42.5 Å². The summed E-state index contributed by atoms with van der Waals surface area (Å²) in [6, 6.07) is 13.4. The van der Waals surface area contributed by atoms with Crippen molar-refractivity contribution in [1.82, 2.24) is 0 Å². The van der Waals surface area contributed by atoms with Gasteiger partial charge in [-0.05, 0) is 29.2 Å². The van der Waals surface area contributed by atoms with E-state index in [0.717, 1.165) is 16.3 Å². The van der Waals surface area contributed by atoms with E-state index in [4.69, 9.17) is 0 Å². The molecule has 4 heteroatoms. The minimum absolute atomic E-state index is 0. The van der Waals surface area contributed by atoms with Crippen LogP contribution in [-0.4, -0.2) is 11.1 Å². The molecule has 0 spiro atoms. The Morgan fingerprint density at radius 3 is 2.56 bits per heavy atom. The van der Waals surface area contributed by atoms with Crippen molar-refractivity contribution in [2.45, 2.75) is 18.9 Å². The topological polar surface area (TPSA) is 60.4 Å². The molecular formula is C14H13NaO3. The summed E-state index contributed by atoms with van der Waals surface area (Å²) in [5.74, 6) is -1.13. The summed E-state index contributed by atoms with van der Waals surface area (Å²) in [7, 11) is 0. The van der Waals surface area contributed by atoms with Gasteiger partial charge in [0.15, 0.2) is 0 Å². The van der Waals surface area contributed by atoms with Gasteiger partial charge in [-0.2, -0.15) is 0 Å². The molecule has 88 valence electrons. The molecule has 0 amide bonds. The molecular weight excluding hydrogens is 239 g/mol. The van der Waals surface area contributed by atoms with Crippen molar-refractivity contribution < 1.29 is 44.6 Å². The summed E-state index contributed by atoms with van der Waals surface area (Å²) < 4.78 is 0.